The van der Waals surface area contributed by atoms with Crippen molar-refractivity contribution < 1.29 is 9.59 Å². The molecule has 2 heterocycles. The topological polar surface area (TPSA) is 52.7 Å². The lowest BCUT2D eigenvalue weighted by Gasteiger charge is -2.37. The van der Waals surface area contributed by atoms with Crippen LogP contribution in [-0.4, -0.2) is 54.0 Å². The molecule has 1 N–H and O–H groups in total. The van der Waals surface area contributed by atoms with Crippen LogP contribution < -0.4 is 5.32 Å². The van der Waals surface area contributed by atoms with E-state index in [9.17, 15) is 9.59 Å². The van der Waals surface area contributed by atoms with Gasteiger partial charge in [-0.1, -0.05) is 0 Å². The van der Waals surface area contributed by atoms with Gasteiger partial charge in [0.25, 0.3) is 0 Å². The van der Waals surface area contributed by atoms with Crippen LogP contribution in [-0.2, 0) is 4.79 Å². The minimum absolute atomic E-state index is 0.0817. The molecular formula is C10H17N3O2. The molecule has 0 aromatic rings. The van der Waals surface area contributed by atoms with Gasteiger partial charge >= 0.3 is 6.03 Å². The number of hydrogen-bond donors (Lipinski definition) is 1. The summed E-state index contributed by atoms with van der Waals surface area (Å²) in [6.07, 6.45) is 1.77. The Bertz CT molecular complexity index is 276. The number of urea groups is 1. The number of rotatable bonds is 1. The zero-order chi connectivity index (χ0) is 11.0. The summed E-state index contributed by atoms with van der Waals surface area (Å²) in [4.78, 5) is 26.6. The van der Waals surface area contributed by atoms with E-state index in [4.69, 9.17) is 0 Å². The normalized spacial score (nSPS) is 33.3. The van der Waals surface area contributed by atoms with Crippen molar-refractivity contribution in [2.75, 3.05) is 20.1 Å². The van der Waals surface area contributed by atoms with Gasteiger partial charge in [-0.05, 0) is 26.8 Å². The predicted octanol–water partition coefficient (Wildman–Crippen LogP) is 0.0209. The van der Waals surface area contributed by atoms with Crippen molar-refractivity contribution in [1.82, 2.24) is 15.1 Å². The molecule has 2 aliphatic heterocycles. The Hall–Kier alpha value is -1.10. The number of amides is 3. The van der Waals surface area contributed by atoms with Gasteiger partial charge in [0.2, 0.25) is 5.91 Å². The van der Waals surface area contributed by atoms with Crippen molar-refractivity contribution in [2.24, 2.45) is 0 Å². The summed E-state index contributed by atoms with van der Waals surface area (Å²) in [5, 5.41) is 2.57. The van der Waals surface area contributed by atoms with Crippen LogP contribution in [0.25, 0.3) is 0 Å². The summed E-state index contributed by atoms with van der Waals surface area (Å²) in [7, 11) is 2.08. The Morgan fingerprint density at radius 2 is 2.13 bits per heavy atom. The molecule has 5 nitrogen and oxygen atoms in total. The van der Waals surface area contributed by atoms with E-state index in [-0.39, 0.29) is 24.5 Å². The standard InChI is InChI=1S/C10H17N3O2/c1-7-5-8(3-4-12(7)2)13-9(14)6-11-10(13)15/h7-8H,3-6H2,1-2H3,(H,11,15). The van der Waals surface area contributed by atoms with Gasteiger partial charge in [0.15, 0.2) is 0 Å². The minimum Gasteiger partial charge on any atom is -0.329 e. The fourth-order valence-corrected chi connectivity index (χ4v) is 2.30. The molecule has 0 aromatic heterocycles. The first-order valence-corrected chi connectivity index (χ1v) is 5.39. The number of piperidine rings is 1. The van der Waals surface area contributed by atoms with E-state index in [1.165, 1.54) is 4.90 Å². The molecule has 0 bridgehead atoms. The van der Waals surface area contributed by atoms with Gasteiger partial charge < -0.3 is 10.2 Å². The lowest BCUT2D eigenvalue weighted by molar-refractivity contribution is -0.127. The Morgan fingerprint density at radius 1 is 1.40 bits per heavy atom. The van der Waals surface area contributed by atoms with Gasteiger partial charge in [-0.3, -0.25) is 9.69 Å². The van der Waals surface area contributed by atoms with Gasteiger partial charge in [0.05, 0.1) is 6.54 Å². The van der Waals surface area contributed by atoms with Gasteiger partial charge in [0, 0.05) is 18.6 Å². The van der Waals surface area contributed by atoms with Gasteiger partial charge in [-0.2, -0.15) is 0 Å². The smallest absolute Gasteiger partial charge is 0.324 e. The largest absolute Gasteiger partial charge is 0.329 e. The summed E-state index contributed by atoms with van der Waals surface area (Å²) in [6.45, 7) is 3.24. The number of likely N-dealkylation sites (tertiary alicyclic amines) is 1. The number of nitrogens with zero attached hydrogens (tertiary/aromatic N) is 2. The van der Waals surface area contributed by atoms with Crippen LogP contribution in [0.4, 0.5) is 4.79 Å². The highest BCUT2D eigenvalue weighted by molar-refractivity contribution is 6.02. The molecule has 0 saturated carbocycles. The third-order valence-electron chi connectivity index (χ3n) is 3.42. The Balaban J connectivity index is 2.05. The van der Waals surface area contributed by atoms with E-state index in [1.807, 2.05) is 0 Å². The van der Waals surface area contributed by atoms with Crippen LogP contribution in [0, 0.1) is 0 Å². The van der Waals surface area contributed by atoms with Crippen LogP contribution >= 0.6 is 0 Å². The Morgan fingerprint density at radius 3 is 2.67 bits per heavy atom. The quantitative estimate of drug-likeness (QED) is 0.622. The maximum Gasteiger partial charge on any atom is 0.324 e. The molecule has 3 amide bonds. The minimum atomic E-state index is -0.221. The van der Waals surface area contributed by atoms with Crippen LogP contribution in [0.15, 0.2) is 0 Å². The van der Waals surface area contributed by atoms with E-state index >= 15 is 0 Å². The Kier molecular flexibility index (Phi) is 2.65. The molecule has 0 spiro atoms. The molecule has 0 radical (unpaired) electrons. The highest BCUT2D eigenvalue weighted by Crippen LogP contribution is 2.22. The summed E-state index contributed by atoms with van der Waals surface area (Å²) >= 11 is 0. The average Bonchev–Trinajstić information content (AvgIpc) is 2.52. The number of carbonyl (C=O) groups is 2. The maximum atomic E-state index is 11.5. The zero-order valence-electron chi connectivity index (χ0n) is 9.19. The molecule has 2 saturated heterocycles. The van der Waals surface area contributed by atoms with E-state index < -0.39 is 0 Å². The molecule has 15 heavy (non-hydrogen) atoms. The van der Waals surface area contributed by atoms with Crippen molar-refractivity contribution in [2.45, 2.75) is 31.8 Å². The first-order chi connectivity index (χ1) is 7.09. The van der Waals surface area contributed by atoms with E-state index in [2.05, 4.69) is 24.2 Å². The summed E-state index contributed by atoms with van der Waals surface area (Å²) in [5.74, 6) is -0.0817. The molecule has 5 heteroatoms. The molecule has 0 aliphatic carbocycles. The second-order valence-electron chi connectivity index (χ2n) is 4.43. The third kappa shape index (κ3) is 1.84. The van der Waals surface area contributed by atoms with Crippen molar-refractivity contribution in [1.29, 1.82) is 0 Å². The molecule has 2 atom stereocenters. The van der Waals surface area contributed by atoms with Crippen LogP contribution in [0.2, 0.25) is 0 Å². The van der Waals surface area contributed by atoms with Crippen molar-refractivity contribution >= 4 is 11.9 Å². The number of imide groups is 1. The first-order valence-electron chi connectivity index (χ1n) is 5.39. The monoisotopic (exact) mass is 211 g/mol. The highest BCUT2D eigenvalue weighted by atomic mass is 16.2. The van der Waals surface area contributed by atoms with Crippen molar-refractivity contribution in [3.63, 3.8) is 0 Å². The van der Waals surface area contributed by atoms with E-state index in [1.54, 1.807) is 0 Å². The SMILES string of the molecule is CC1CC(N2C(=O)CNC2=O)CCN1C. The van der Waals surface area contributed by atoms with Crippen LogP contribution in [0.1, 0.15) is 19.8 Å². The fraction of sp³-hybridized carbons (Fsp3) is 0.800. The lowest BCUT2D eigenvalue weighted by Crippen LogP contribution is -2.49. The zero-order valence-corrected chi connectivity index (χ0v) is 9.19. The van der Waals surface area contributed by atoms with Crippen LogP contribution in [0.3, 0.4) is 0 Å². The van der Waals surface area contributed by atoms with E-state index in [0.717, 1.165) is 19.4 Å². The third-order valence-corrected chi connectivity index (χ3v) is 3.42. The summed E-state index contributed by atoms with van der Waals surface area (Å²) in [6, 6.07) is 0.304. The molecule has 2 rings (SSSR count). The van der Waals surface area contributed by atoms with Crippen LogP contribution in [0.5, 0.6) is 0 Å². The number of hydrogen-bond acceptors (Lipinski definition) is 3. The molecule has 2 unspecified atom stereocenters. The molecule has 0 aromatic carbocycles. The second kappa shape index (κ2) is 3.81. The fourth-order valence-electron chi connectivity index (χ4n) is 2.30. The predicted molar refractivity (Wildman–Crippen MR) is 55.4 cm³/mol. The summed E-state index contributed by atoms with van der Waals surface area (Å²) in [5.41, 5.74) is 0. The molecule has 2 fully saturated rings. The average molecular weight is 211 g/mol. The molecule has 84 valence electrons. The molecular weight excluding hydrogens is 194 g/mol. The Labute approximate surface area is 89.4 Å². The number of carbonyl (C=O) groups excluding carboxylic acids is 2. The van der Waals surface area contributed by atoms with Crippen molar-refractivity contribution in [3.8, 4) is 0 Å². The van der Waals surface area contributed by atoms with Crippen molar-refractivity contribution in [3.05, 3.63) is 0 Å². The molecule has 2 aliphatic rings. The van der Waals surface area contributed by atoms with Gasteiger partial charge in [-0.25, -0.2) is 4.79 Å². The summed E-state index contributed by atoms with van der Waals surface area (Å²) < 4.78 is 0. The maximum absolute atomic E-state index is 11.5. The second-order valence-corrected chi connectivity index (χ2v) is 4.43. The number of nitrogens with one attached hydrogen (secondary N) is 1. The van der Waals surface area contributed by atoms with E-state index in [0.29, 0.717) is 6.04 Å². The highest BCUT2D eigenvalue weighted by Gasteiger charge is 2.37. The first kappa shape index (κ1) is 10.4. The van der Waals surface area contributed by atoms with Gasteiger partial charge in [0.1, 0.15) is 0 Å². The lowest BCUT2D eigenvalue weighted by atomic mass is 9.98. The van der Waals surface area contributed by atoms with Gasteiger partial charge in [-0.15, -0.1) is 0 Å².